The lowest BCUT2D eigenvalue weighted by Crippen LogP contribution is -2.02. The number of hydrogen-bond acceptors (Lipinski definition) is 4. The van der Waals surface area contributed by atoms with Crippen molar-refractivity contribution in [2.45, 2.75) is 6.54 Å². The van der Waals surface area contributed by atoms with Gasteiger partial charge in [0.25, 0.3) is 5.69 Å². The number of benzene rings is 2. The molecule has 2 rings (SSSR count). The number of nitriles is 1. The Morgan fingerprint density at radius 1 is 1.30 bits per heavy atom. The summed E-state index contributed by atoms with van der Waals surface area (Å²) in [7, 11) is 0. The monoisotopic (exact) mass is 331 g/mol. The van der Waals surface area contributed by atoms with Crippen molar-refractivity contribution in [3.05, 3.63) is 68.2 Å². The molecule has 0 aliphatic heterocycles. The average Bonchev–Trinajstić information content (AvgIpc) is 2.45. The van der Waals surface area contributed by atoms with Crippen LogP contribution in [0.15, 0.2) is 46.9 Å². The van der Waals surface area contributed by atoms with Crippen LogP contribution in [-0.4, -0.2) is 4.92 Å². The zero-order valence-corrected chi connectivity index (χ0v) is 11.9. The van der Waals surface area contributed by atoms with Gasteiger partial charge in [0.2, 0.25) is 0 Å². The van der Waals surface area contributed by atoms with Gasteiger partial charge in [-0.05, 0) is 33.6 Å². The maximum Gasteiger partial charge on any atom is 0.269 e. The summed E-state index contributed by atoms with van der Waals surface area (Å²) in [5.41, 5.74) is 2.04. The molecule has 0 saturated carbocycles. The molecule has 0 atom stereocenters. The molecule has 0 amide bonds. The minimum Gasteiger partial charge on any atom is -0.380 e. The first-order chi connectivity index (χ1) is 9.61. The molecule has 6 heteroatoms. The Morgan fingerprint density at radius 3 is 2.75 bits per heavy atom. The summed E-state index contributed by atoms with van der Waals surface area (Å²) in [6, 6.07) is 13.9. The predicted molar refractivity (Wildman–Crippen MR) is 79.3 cm³/mol. The zero-order valence-electron chi connectivity index (χ0n) is 10.3. The van der Waals surface area contributed by atoms with Crippen LogP contribution in [0.25, 0.3) is 0 Å². The molecule has 0 radical (unpaired) electrons. The third-order valence-corrected chi connectivity index (χ3v) is 3.39. The van der Waals surface area contributed by atoms with Gasteiger partial charge in [0.1, 0.15) is 6.07 Å². The maximum atomic E-state index is 10.7. The van der Waals surface area contributed by atoms with Crippen LogP contribution in [0.4, 0.5) is 11.4 Å². The number of anilines is 1. The van der Waals surface area contributed by atoms with Gasteiger partial charge in [-0.25, -0.2) is 0 Å². The molecule has 100 valence electrons. The average molecular weight is 332 g/mol. The highest BCUT2D eigenvalue weighted by molar-refractivity contribution is 9.10. The second kappa shape index (κ2) is 6.17. The van der Waals surface area contributed by atoms with Crippen molar-refractivity contribution in [2.24, 2.45) is 0 Å². The second-order valence-electron chi connectivity index (χ2n) is 4.05. The Morgan fingerprint density at radius 2 is 2.05 bits per heavy atom. The molecule has 2 aromatic rings. The van der Waals surface area contributed by atoms with E-state index in [0.717, 1.165) is 5.56 Å². The third-order valence-electron chi connectivity index (χ3n) is 2.73. The predicted octanol–water partition coefficient (Wildman–Crippen LogP) is 3.84. The fourth-order valence-corrected chi connectivity index (χ4v) is 2.22. The van der Waals surface area contributed by atoms with Gasteiger partial charge in [0.15, 0.2) is 0 Å². The van der Waals surface area contributed by atoms with Crippen molar-refractivity contribution < 1.29 is 4.92 Å². The van der Waals surface area contributed by atoms with Gasteiger partial charge in [-0.3, -0.25) is 10.1 Å². The summed E-state index contributed by atoms with van der Waals surface area (Å²) < 4.78 is 0.712. The van der Waals surface area contributed by atoms with Gasteiger partial charge < -0.3 is 5.32 Å². The highest BCUT2D eigenvalue weighted by Gasteiger charge is 2.08. The van der Waals surface area contributed by atoms with Crippen molar-refractivity contribution in [1.29, 1.82) is 5.26 Å². The van der Waals surface area contributed by atoms with Crippen molar-refractivity contribution in [2.75, 3.05) is 5.32 Å². The van der Waals surface area contributed by atoms with E-state index in [4.69, 9.17) is 5.26 Å². The van der Waals surface area contributed by atoms with E-state index in [1.165, 1.54) is 12.1 Å². The minimum absolute atomic E-state index is 0.0547. The molecule has 0 aliphatic rings. The molecule has 5 nitrogen and oxygen atoms in total. The van der Waals surface area contributed by atoms with E-state index in [-0.39, 0.29) is 5.69 Å². The molecule has 2 aromatic carbocycles. The van der Waals surface area contributed by atoms with Crippen molar-refractivity contribution in [1.82, 2.24) is 0 Å². The molecule has 0 bridgehead atoms. The van der Waals surface area contributed by atoms with Crippen LogP contribution < -0.4 is 5.32 Å². The van der Waals surface area contributed by atoms with Gasteiger partial charge in [-0.2, -0.15) is 5.26 Å². The molecule has 0 heterocycles. The van der Waals surface area contributed by atoms with E-state index in [0.29, 0.717) is 22.3 Å². The summed E-state index contributed by atoms with van der Waals surface area (Å²) in [6.07, 6.45) is 0. The van der Waals surface area contributed by atoms with E-state index in [1.807, 2.05) is 6.07 Å². The van der Waals surface area contributed by atoms with E-state index in [2.05, 4.69) is 27.3 Å². The lowest BCUT2D eigenvalue weighted by molar-refractivity contribution is -0.384. The smallest absolute Gasteiger partial charge is 0.269 e. The number of nitrogens with zero attached hydrogens (tertiary/aromatic N) is 2. The lowest BCUT2D eigenvalue weighted by Gasteiger charge is -2.09. The molecule has 20 heavy (non-hydrogen) atoms. The van der Waals surface area contributed by atoms with Gasteiger partial charge in [-0.15, -0.1) is 0 Å². The molecule has 0 aliphatic carbocycles. The van der Waals surface area contributed by atoms with Gasteiger partial charge in [0.05, 0.1) is 16.2 Å². The van der Waals surface area contributed by atoms with Crippen molar-refractivity contribution in [3.8, 4) is 6.07 Å². The standard InChI is InChI=1S/C14H10BrN3O2/c15-13-5-2-6-14(12(13)8-16)17-9-10-3-1-4-11(7-10)18(19)20/h1-7,17H,9H2. The van der Waals surface area contributed by atoms with Crippen molar-refractivity contribution >= 4 is 27.3 Å². The van der Waals surface area contributed by atoms with E-state index >= 15 is 0 Å². The minimum atomic E-state index is -0.427. The van der Waals surface area contributed by atoms with Crippen LogP contribution in [0, 0.1) is 21.4 Å². The lowest BCUT2D eigenvalue weighted by atomic mass is 10.1. The molecule has 0 aromatic heterocycles. The molecule has 1 N–H and O–H groups in total. The van der Waals surface area contributed by atoms with Gasteiger partial charge in [0, 0.05) is 23.2 Å². The highest BCUT2D eigenvalue weighted by atomic mass is 79.9. The first-order valence-corrected chi connectivity index (χ1v) is 6.57. The molecular formula is C14H10BrN3O2. The van der Waals surface area contributed by atoms with Crippen LogP contribution >= 0.6 is 15.9 Å². The summed E-state index contributed by atoms with van der Waals surface area (Å²) >= 11 is 3.31. The topological polar surface area (TPSA) is 79.0 Å². The van der Waals surface area contributed by atoms with Crippen molar-refractivity contribution in [3.63, 3.8) is 0 Å². The normalized spacial score (nSPS) is 9.80. The Balaban J connectivity index is 2.17. The Kier molecular flexibility index (Phi) is 4.33. The van der Waals surface area contributed by atoms with Crippen LogP contribution in [0.2, 0.25) is 0 Å². The molecule has 0 spiro atoms. The number of rotatable bonds is 4. The number of nitro groups is 1. The fourth-order valence-electron chi connectivity index (χ4n) is 1.76. The summed E-state index contributed by atoms with van der Waals surface area (Å²) in [5, 5.41) is 22.9. The largest absolute Gasteiger partial charge is 0.380 e. The molecule has 0 fully saturated rings. The Labute approximate surface area is 124 Å². The third kappa shape index (κ3) is 3.13. The van der Waals surface area contributed by atoms with E-state index < -0.39 is 4.92 Å². The van der Waals surface area contributed by atoms with Crippen LogP contribution in [-0.2, 0) is 6.54 Å². The first kappa shape index (κ1) is 14.0. The summed E-state index contributed by atoms with van der Waals surface area (Å²) in [5.74, 6) is 0. The molecular weight excluding hydrogens is 322 g/mol. The number of nitro benzene ring substituents is 1. The van der Waals surface area contributed by atoms with E-state index in [1.54, 1.807) is 24.3 Å². The van der Waals surface area contributed by atoms with Gasteiger partial charge >= 0.3 is 0 Å². The van der Waals surface area contributed by atoms with Gasteiger partial charge in [-0.1, -0.05) is 18.2 Å². The molecule has 0 unspecified atom stereocenters. The summed E-state index contributed by atoms with van der Waals surface area (Å²) in [4.78, 5) is 10.3. The zero-order chi connectivity index (χ0) is 14.5. The summed E-state index contributed by atoms with van der Waals surface area (Å²) in [6.45, 7) is 0.410. The quantitative estimate of drug-likeness (QED) is 0.681. The number of nitrogens with one attached hydrogen (secondary N) is 1. The Hall–Kier alpha value is -2.39. The fraction of sp³-hybridized carbons (Fsp3) is 0.0714. The van der Waals surface area contributed by atoms with Crippen LogP contribution in [0.5, 0.6) is 0 Å². The highest BCUT2D eigenvalue weighted by Crippen LogP contribution is 2.24. The molecule has 0 saturated heterocycles. The van der Waals surface area contributed by atoms with Crippen LogP contribution in [0.1, 0.15) is 11.1 Å². The number of non-ortho nitro benzene ring substituents is 1. The Bertz CT molecular complexity index is 695. The SMILES string of the molecule is N#Cc1c(Br)cccc1NCc1cccc([N+](=O)[O-])c1. The van der Waals surface area contributed by atoms with E-state index in [9.17, 15) is 10.1 Å². The second-order valence-corrected chi connectivity index (χ2v) is 4.91. The van der Waals surface area contributed by atoms with Crippen LogP contribution in [0.3, 0.4) is 0 Å². The number of hydrogen-bond donors (Lipinski definition) is 1. The number of halogens is 1. The first-order valence-electron chi connectivity index (χ1n) is 5.77. The maximum absolute atomic E-state index is 10.7.